The van der Waals surface area contributed by atoms with Gasteiger partial charge >= 0.3 is 0 Å². The first-order valence-electron chi connectivity index (χ1n) is 8.82. The predicted octanol–water partition coefficient (Wildman–Crippen LogP) is 4.60. The second-order valence-corrected chi connectivity index (χ2v) is 6.77. The van der Waals surface area contributed by atoms with E-state index in [2.05, 4.69) is 10.2 Å². The van der Waals surface area contributed by atoms with Gasteiger partial charge in [-0.3, -0.25) is 9.59 Å². The van der Waals surface area contributed by atoms with Crippen molar-refractivity contribution >= 4 is 46.4 Å². The standard InChI is InChI=1S/C20H21Cl2N3O6/c1-11(26)17(24-23-12-9-13(21)19(31-5)16(10-12)30-4)20(27)25(22)18-14(28-2)7-6-8-15(18)29-3/h6-10,17H,1-5H3. The number of ether oxygens (including phenoxy) is 4. The van der Waals surface area contributed by atoms with Crippen molar-refractivity contribution in [1.29, 1.82) is 0 Å². The molecule has 0 aliphatic carbocycles. The Balaban J connectivity index is 2.40. The summed E-state index contributed by atoms with van der Waals surface area (Å²) >= 11 is 12.4. The zero-order valence-electron chi connectivity index (χ0n) is 17.5. The molecular formula is C20H21Cl2N3O6. The number of Topliss-reactive ketones (excluding diaryl/α,β-unsaturated/α-hetero) is 1. The molecule has 0 fully saturated rings. The van der Waals surface area contributed by atoms with Gasteiger partial charge in [0.1, 0.15) is 17.2 Å². The molecule has 11 heteroatoms. The van der Waals surface area contributed by atoms with E-state index in [9.17, 15) is 9.59 Å². The van der Waals surface area contributed by atoms with Gasteiger partial charge in [0, 0.05) is 17.8 Å². The Labute approximate surface area is 189 Å². The van der Waals surface area contributed by atoms with Crippen LogP contribution in [0.1, 0.15) is 6.92 Å². The number of azo groups is 1. The van der Waals surface area contributed by atoms with Gasteiger partial charge in [-0.25, -0.2) is 4.42 Å². The molecule has 0 saturated heterocycles. The lowest BCUT2D eigenvalue weighted by Gasteiger charge is -2.21. The number of benzene rings is 2. The number of halogens is 2. The molecule has 0 bridgehead atoms. The van der Waals surface area contributed by atoms with E-state index in [0.717, 1.165) is 4.42 Å². The zero-order valence-corrected chi connectivity index (χ0v) is 19.0. The van der Waals surface area contributed by atoms with Crippen molar-refractivity contribution in [3.63, 3.8) is 0 Å². The summed E-state index contributed by atoms with van der Waals surface area (Å²) in [5.74, 6) is -0.237. The number of hydrogen-bond donors (Lipinski definition) is 0. The number of nitrogens with zero attached hydrogens (tertiary/aromatic N) is 3. The molecule has 0 spiro atoms. The average Bonchev–Trinajstić information content (AvgIpc) is 2.77. The minimum absolute atomic E-state index is 0.134. The molecule has 0 radical (unpaired) electrons. The molecule has 31 heavy (non-hydrogen) atoms. The first-order valence-corrected chi connectivity index (χ1v) is 9.54. The highest BCUT2D eigenvalue weighted by atomic mass is 35.5. The Morgan fingerprint density at radius 2 is 1.55 bits per heavy atom. The molecule has 9 nitrogen and oxygen atoms in total. The number of amides is 1. The molecule has 0 saturated carbocycles. The topological polar surface area (TPSA) is 99.0 Å². The van der Waals surface area contributed by atoms with Gasteiger partial charge in [-0.15, -0.1) is 0 Å². The summed E-state index contributed by atoms with van der Waals surface area (Å²) < 4.78 is 21.6. The summed E-state index contributed by atoms with van der Waals surface area (Å²) in [5.41, 5.74) is 0.382. The lowest BCUT2D eigenvalue weighted by molar-refractivity contribution is -0.126. The van der Waals surface area contributed by atoms with Crippen LogP contribution >= 0.6 is 23.4 Å². The number of methoxy groups -OCH3 is 4. The molecule has 1 unspecified atom stereocenters. The molecule has 2 aromatic rings. The van der Waals surface area contributed by atoms with E-state index in [1.54, 1.807) is 18.2 Å². The number of hydrogen-bond acceptors (Lipinski definition) is 8. The van der Waals surface area contributed by atoms with Crippen LogP contribution < -0.4 is 23.4 Å². The molecule has 0 N–H and O–H groups in total. The van der Waals surface area contributed by atoms with E-state index < -0.39 is 17.7 Å². The van der Waals surface area contributed by atoms with Crippen LogP contribution in [0, 0.1) is 0 Å². The van der Waals surface area contributed by atoms with E-state index in [-0.39, 0.29) is 27.9 Å². The first kappa shape index (κ1) is 24.2. The lowest BCUT2D eigenvalue weighted by atomic mass is 10.2. The molecular weight excluding hydrogens is 449 g/mol. The maximum absolute atomic E-state index is 13.0. The van der Waals surface area contributed by atoms with Gasteiger partial charge in [0.25, 0.3) is 5.91 Å². The third-order valence-electron chi connectivity index (χ3n) is 4.12. The highest BCUT2D eigenvalue weighted by molar-refractivity contribution is 6.40. The molecule has 0 heterocycles. The van der Waals surface area contributed by atoms with Crippen molar-refractivity contribution in [3.05, 3.63) is 35.4 Å². The van der Waals surface area contributed by atoms with Crippen LogP contribution in [-0.4, -0.2) is 46.2 Å². The monoisotopic (exact) mass is 469 g/mol. The van der Waals surface area contributed by atoms with Gasteiger partial charge in [0.15, 0.2) is 17.3 Å². The number of carbonyl (C=O) groups excluding carboxylic acids is 2. The van der Waals surface area contributed by atoms with Crippen LogP contribution in [-0.2, 0) is 9.59 Å². The fourth-order valence-electron chi connectivity index (χ4n) is 2.63. The lowest BCUT2D eigenvalue weighted by Crippen LogP contribution is -2.36. The average molecular weight is 470 g/mol. The Bertz CT molecular complexity index is 977. The summed E-state index contributed by atoms with van der Waals surface area (Å²) in [6.07, 6.45) is 0. The van der Waals surface area contributed by atoms with Gasteiger partial charge in [0.05, 0.1) is 39.1 Å². The molecule has 1 amide bonds. The van der Waals surface area contributed by atoms with Crippen LogP contribution in [0.5, 0.6) is 23.0 Å². The summed E-state index contributed by atoms with van der Waals surface area (Å²) in [5, 5.41) is 8.08. The summed E-state index contributed by atoms with van der Waals surface area (Å²) in [6.45, 7) is 1.20. The molecule has 0 aliphatic rings. The van der Waals surface area contributed by atoms with Crippen molar-refractivity contribution in [2.45, 2.75) is 13.0 Å². The molecule has 1 atom stereocenters. The van der Waals surface area contributed by atoms with E-state index in [0.29, 0.717) is 11.5 Å². The number of ketones is 1. The van der Waals surface area contributed by atoms with Crippen molar-refractivity contribution < 1.29 is 28.5 Å². The summed E-state index contributed by atoms with van der Waals surface area (Å²) in [7, 11) is 5.70. The number of rotatable bonds is 9. The fourth-order valence-corrected chi connectivity index (χ4v) is 3.17. The largest absolute Gasteiger partial charge is 0.494 e. The third kappa shape index (κ3) is 5.36. The summed E-state index contributed by atoms with van der Waals surface area (Å²) in [4.78, 5) is 25.1. The van der Waals surface area contributed by atoms with Gasteiger partial charge < -0.3 is 18.9 Å². The third-order valence-corrected chi connectivity index (χ3v) is 4.73. The van der Waals surface area contributed by atoms with E-state index >= 15 is 0 Å². The Kier molecular flexibility index (Phi) is 8.47. The quantitative estimate of drug-likeness (QED) is 0.302. The number of carbonyl (C=O) groups is 2. The smallest absolute Gasteiger partial charge is 0.276 e. The van der Waals surface area contributed by atoms with Gasteiger partial charge in [-0.1, -0.05) is 17.7 Å². The SMILES string of the molecule is COc1cc(N=NC(C(C)=O)C(=O)N(Cl)c2c(OC)cccc2OC)cc(Cl)c1OC. The maximum atomic E-state index is 13.0. The van der Waals surface area contributed by atoms with Crippen molar-refractivity contribution in [2.75, 3.05) is 32.9 Å². The predicted molar refractivity (Wildman–Crippen MR) is 116 cm³/mol. The van der Waals surface area contributed by atoms with E-state index in [4.69, 9.17) is 42.3 Å². The molecule has 2 aromatic carbocycles. The van der Waals surface area contributed by atoms with Gasteiger partial charge in [0.2, 0.25) is 6.04 Å². The van der Waals surface area contributed by atoms with Crippen molar-refractivity contribution in [1.82, 2.24) is 0 Å². The van der Waals surface area contributed by atoms with Crippen LogP contribution in [0.15, 0.2) is 40.6 Å². The molecule has 0 aromatic heterocycles. The minimum atomic E-state index is -1.51. The Morgan fingerprint density at radius 3 is 2.03 bits per heavy atom. The fraction of sp³-hybridized carbons (Fsp3) is 0.300. The maximum Gasteiger partial charge on any atom is 0.276 e. The van der Waals surface area contributed by atoms with Crippen LogP contribution in [0.2, 0.25) is 5.02 Å². The number of para-hydroxylation sites is 1. The van der Waals surface area contributed by atoms with E-state index in [1.165, 1.54) is 47.5 Å². The second-order valence-electron chi connectivity index (χ2n) is 6.02. The summed E-state index contributed by atoms with van der Waals surface area (Å²) in [6, 6.07) is 6.29. The minimum Gasteiger partial charge on any atom is -0.494 e. The van der Waals surface area contributed by atoms with Crippen LogP contribution in [0.25, 0.3) is 0 Å². The van der Waals surface area contributed by atoms with E-state index in [1.807, 2.05) is 0 Å². The van der Waals surface area contributed by atoms with Crippen molar-refractivity contribution in [3.8, 4) is 23.0 Å². The van der Waals surface area contributed by atoms with Crippen LogP contribution in [0.4, 0.5) is 11.4 Å². The normalized spacial score (nSPS) is 11.7. The van der Waals surface area contributed by atoms with Gasteiger partial charge in [-0.2, -0.15) is 10.2 Å². The second kappa shape index (κ2) is 10.8. The molecule has 2 rings (SSSR count). The molecule has 166 valence electrons. The highest BCUT2D eigenvalue weighted by Gasteiger charge is 2.32. The van der Waals surface area contributed by atoms with Crippen LogP contribution in [0.3, 0.4) is 0 Å². The Hall–Kier alpha value is -3.04. The number of anilines is 1. The zero-order chi connectivity index (χ0) is 23.1. The van der Waals surface area contributed by atoms with Gasteiger partial charge in [-0.05, 0) is 25.1 Å². The first-order chi connectivity index (χ1) is 14.8. The highest BCUT2D eigenvalue weighted by Crippen LogP contribution is 2.40. The molecule has 0 aliphatic heterocycles. The Morgan fingerprint density at radius 1 is 0.968 bits per heavy atom. The van der Waals surface area contributed by atoms with Crippen molar-refractivity contribution in [2.24, 2.45) is 10.2 Å².